The number of nitrogens with one attached hydrogen (secondary N) is 1. The van der Waals surface area contributed by atoms with Gasteiger partial charge in [-0.1, -0.05) is 33.3 Å². The molecule has 0 spiro atoms. The Morgan fingerprint density at radius 3 is 2.67 bits per heavy atom. The molecule has 24 heavy (non-hydrogen) atoms. The van der Waals surface area contributed by atoms with E-state index in [2.05, 4.69) is 32.2 Å². The molecule has 4 rings (SSSR count). The summed E-state index contributed by atoms with van der Waals surface area (Å²) in [5, 5.41) is 3.17. The lowest BCUT2D eigenvalue weighted by molar-refractivity contribution is -0.120. The zero-order chi connectivity index (χ0) is 17.1. The second kappa shape index (κ2) is 5.61. The molecule has 0 bridgehead atoms. The largest absolute Gasteiger partial charge is 0.330 e. The maximum atomic E-state index is 11.6. The summed E-state index contributed by atoms with van der Waals surface area (Å²) in [6.07, 6.45) is 13.4. The molecule has 3 saturated carbocycles. The second-order valence-electron chi connectivity index (χ2n) is 10.0. The average Bonchev–Trinajstić information content (AvgIpc) is 2.84. The van der Waals surface area contributed by atoms with Crippen molar-refractivity contribution in [1.29, 1.82) is 0 Å². The van der Waals surface area contributed by atoms with E-state index >= 15 is 0 Å². The van der Waals surface area contributed by atoms with Crippen LogP contribution in [-0.4, -0.2) is 5.91 Å². The van der Waals surface area contributed by atoms with Crippen molar-refractivity contribution in [1.82, 2.24) is 5.32 Å². The van der Waals surface area contributed by atoms with Crippen LogP contribution in [0.1, 0.15) is 79.1 Å². The monoisotopic (exact) mass is 329 g/mol. The van der Waals surface area contributed by atoms with E-state index in [1.54, 1.807) is 6.92 Å². The van der Waals surface area contributed by atoms with Gasteiger partial charge >= 0.3 is 0 Å². The minimum atomic E-state index is 0.0992. The molecule has 134 valence electrons. The minimum Gasteiger partial charge on any atom is -0.330 e. The standard InChI is InChI=1S/C22H35NO/c1-14-9-11-21(3)16(13-14)5-6-17-18-7-8-20(23-15(2)24)22(18,4)12-10-19(17)21/h8,14,16-19H,5-7,9-13H2,1-4H3,(H,23,24)/t14?,16-,17?,18?,19?,21-,22-/m0/s1. The summed E-state index contributed by atoms with van der Waals surface area (Å²) in [5.41, 5.74) is 2.05. The van der Waals surface area contributed by atoms with Crippen LogP contribution in [0.3, 0.4) is 0 Å². The molecule has 0 aliphatic heterocycles. The van der Waals surface area contributed by atoms with Crippen molar-refractivity contribution in [3.05, 3.63) is 11.8 Å². The Kier molecular flexibility index (Phi) is 3.89. The highest BCUT2D eigenvalue weighted by Gasteiger charge is 2.58. The Labute approximate surface area is 147 Å². The van der Waals surface area contributed by atoms with Gasteiger partial charge in [0.1, 0.15) is 0 Å². The summed E-state index contributed by atoms with van der Waals surface area (Å²) in [6, 6.07) is 0. The van der Waals surface area contributed by atoms with E-state index in [-0.39, 0.29) is 11.3 Å². The average molecular weight is 330 g/mol. The van der Waals surface area contributed by atoms with Gasteiger partial charge in [-0.15, -0.1) is 0 Å². The van der Waals surface area contributed by atoms with Crippen molar-refractivity contribution < 1.29 is 4.79 Å². The summed E-state index contributed by atoms with van der Waals surface area (Å²) in [7, 11) is 0. The highest BCUT2D eigenvalue weighted by atomic mass is 16.1. The molecular weight excluding hydrogens is 294 g/mol. The smallest absolute Gasteiger partial charge is 0.221 e. The van der Waals surface area contributed by atoms with E-state index in [0.717, 1.165) is 29.6 Å². The third kappa shape index (κ3) is 2.31. The van der Waals surface area contributed by atoms with Crippen LogP contribution in [0.2, 0.25) is 0 Å². The Morgan fingerprint density at radius 2 is 1.92 bits per heavy atom. The first-order valence-corrected chi connectivity index (χ1v) is 10.3. The summed E-state index contributed by atoms with van der Waals surface area (Å²) in [4.78, 5) is 11.6. The number of rotatable bonds is 1. The van der Waals surface area contributed by atoms with Crippen LogP contribution in [-0.2, 0) is 4.79 Å². The number of allylic oxidation sites excluding steroid dienone is 2. The van der Waals surface area contributed by atoms with Gasteiger partial charge in [-0.25, -0.2) is 0 Å². The molecule has 7 atom stereocenters. The number of fused-ring (bicyclic) bond motifs is 5. The number of hydrogen-bond donors (Lipinski definition) is 1. The molecule has 4 aliphatic carbocycles. The van der Waals surface area contributed by atoms with E-state index in [1.807, 2.05) is 0 Å². The molecule has 0 saturated heterocycles. The molecular formula is C22H35NO. The van der Waals surface area contributed by atoms with Crippen molar-refractivity contribution >= 4 is 5.91 Å². The maximum absolute atomic E-state index is 11.6. The predicted octanol–water partition coefficient (Wildman–Crippen LogP) is 5.30. The molecule has 0 heterocycles. The van der Waals surface area contributed by atoms with Crippen molar-refractivity contribution in [2.45, 2.75) is 79.1 Å². The zero-order valence-electron chi connectivity index (χ0n) is 16.0. The SMILES string of the molecule is CC(=O)NC1=CCC2C3CC[C@H]4CC(C)CC[C@]4(C)C3CC[C@]12C. The highest BCUT2D eigenvalue weighted by Crippen LogP contribution is 2.66. The Balaban J connectivity index is 1.58. The van der Waals surface area contributed by atoms with Gasteiger partial charge in [-0.05, 0) is 80.0 Å². The van der Waals surface area contributed by atoms with Crippen LogP contribution in [0.5, 0.6) is 0 Å². The predicted molar refractivity (Wildman–Crippen MR) is 98.2 cm³/mol. The third-order valence-electron chi connectivity index (χ3n) is 8.82. The highest BCUT2D eigenvalue weighted by molar-refractivity contribution is 5.75. The van der Waals surface area contributed by atoms with Gasteiger partial charge in [-0.2, -0.15) is 0 Å². The molecule has 1 amide bonds. The topological polar surface area (TPSA) is 29.1 Å². The van der Waals surface area contributed by atoms with Crippen LogP contribution < -0.4 is 5.32 Å². The first kappa shape index (κ1) is 16.7. The fourth-order valence-electron chi connectivity index (χ4n) is 7.42. The lowest BCUT2D eigenvalue weighted by Crippen LogP contribution is -2.53. The number of carbonyl (C=O) groups excluding carboxylic acids is 1. The zero-order valence-corrected chi connectivity index (χ0v) is 16.0. The number of carbonyl (C=O) groups is 1. The first-order valence-electron chi connectivity index (χ1n) is 10.3. The molecule has 2 heteroatoms. The van der Waals surface area contributed by atoms with E-state index in [1.165, 1.54) is 57.1 Å². The van der Waals surface area contributed by atoms with E-state index < -0.39 is 0 Å². The summed E-state index contributed by atoms with van der Waals surface area (Å²) < 4.78 is 0. The molecule has 4 aliphatic rings. The van der Waals surface area contributed by atoms with Crippen LogP contribution in [0, 0.1) is 40.4 Å². The molecule has 2 nitrogen and oxygen atoms in total. The van der Waals surface area contributed by atoms with Crippen molar-refractivity contribution in [2.75, 3.05) is 0 Å². The Hall–Kier alpha value is -0.790. The van der Waals surface area contributed by atoms with Crippen molar-refractivity contribution in [3.63, 3.8) is 0 Å². The Morgan fingerprint density at radius 1 is 1.12 bits per heavy atom. The van der Waals surface area contributed by atoms with Crippen LogP contribution >= 0.6 is 0 Å². The minimum absolute atomic E-state index is 0.0992. The molecule has 0 aromatic heterocycles. The fraction of sp³-hybridized carbons (Fsp3) is 0.864. The lowest BCUT2D eigenvalue weighted by Gasteiger charge is -2.60. The van der Waals surface area contributed by atoms with E-state index in [4.69, 9.17) is 0 Å². The van der Waals surface area contributed by atoms with Crippen LogP contribution in [0.25, 0.3) is 0 Å². The van der Waals surface area contributed by atoms with Gasteiger partial charge in [0.05, 0.1) is 0 Å². The number of amides is 1. The van der Waals surface area contributed by atoms with Crippen molar-refractivity contribution in [3.8, 4) is 0 Å². The van der Waals surface area contributed by atoms with E-state index in [0.29, 0.717) is 5.41 Å². The summed E-state index contributed by atoms with van der Waals surface area (Å²) >= 11 is 0. The van der Waals surface area contributed by atoms with Crippen LogP contribution in [0.15, 0.2) is 11.8 Å². The third-order valence-corrected chi connectivity index (χ3v) is 8.82. The van der Waals surface area contributed by atoms with Crippen molar-refractivity contribution in [2.24, 2.45) is 40.4 Å². The molecule has 0 radical (unpaired) electrons. The second-order valence-corrected chi connectivity index (χ2v) is 10.0. The maximum Gasteiger partial charge on any atom is 0.221 e. The van der Waals surface area contributed by atoms with Gasteiger partial charge < -0.3 is 5.32 Å². The normalized spacial score (nSPS) is 50.3. The molecule has 3 fully saturated rings. The van der Waals surface area contributed by atoms with Crippen LogP contribution in [0.4, 0.5) is 0 Å². The lowest BCUT2D eigenvalue weighted by atomic mass is 9.44. The molecule has 1 N–H and O–H groups in total. The first-order chi connectivity index (χ1) is 11.3. The molecule has 0 aromatic rings. The van der Waals surface area contributed by atoms with Gasteiger partial charge in [0.15, 0.2) is 0 Å². The van der Waals surface area contributed by atoms with Gasteiger partial charge in [0, 0.05) is 18.0 Å². The molecule has 0 aromatic carbocycles. The van der Waals surface area contributed by atoms with Gasteiger partial charge in [0.2, 0.25) is 5.91 Å². The molecule has 4 unspecified atom stereocenters. The quantitative estimate of drug-likeness (QED) is 0.695. The van der Waals surface area contributed by atoms with Gasteiger partial charge in [0.25, 0.3) is 0 Å². The number of hydrogen-bond acceptors (Lipinski definition) is 1. The van der Waals surface area contributed by atoms with E-state index in [9.17, 15) is 4.79 Å². The fourth-order valence-corrected chi connectivity index (χ4v) is 7.42. The summed E-state index contributed by atoms with van der Waals surface area (Å²) in [5.74, 6) is 4.56. The van der Waals surface area contributed by atoms with Gasteiger partial charge in [-0.3, -0.25) is 4.79 Å². The summed E-state index contributed by atoms with van der Waals surface area (Å²) in [6.45, 7) is 9.18. The Bertz CT molecular complexity index is 566.